The molecule has 0 spiro atoms. The number of nitrogens with zero attached hydrogens (tertiary/aromatic N) is 2. The first-order valence-corrected chi connectivity index (χ1v) is 8.66. The highest BCUT2D eigenvalue weighted by Crippen LogP contribution is 2.19. The van der Waals surface area contributed by atoms with Gasteiger partial charge >= 0.3 is 0 Å². The normalized spacial score (nSPS) is 25.4. The molecule has 2 rings (SSSR count). The van der Waals surface area contributed by atoms with Crippen molar-refractivity contribution in [2.75, 3.05) is 38.5 Å². The van der Waals surface area contributed by atoms with Crippen LogP contribution in [0.1, 0.15) is 25.7 Å². The second-order valence-corrected chi connectivity index (χ2v) is 7.30. The predicted molar refractivity (Wildman–Crippen MR) is 73.0 cm³/mol. The topological polar surface area (TPSA) is 83.7 Å². The summed E-state index contributed by atoms with van der Waals surface area (Å²) in [5.74, 6) is -0.147. The Morgan fingerprint density at radius 1 is 1.21 bits per heavy atom. The molecule has 1 amide bonds. The lowest BCUT2D eigenvalue weighted by Crippen LogP contribution is -2.31. The van der Waals surface area contributed by atoms with Gasteiger partial charge in [0.05, 0.1) is 5.75 Å². The smallest absolute Gasteiger partial charge is 0.222 e. The third kappa shape index (κ3) is 4.74. The van der Waals surface area contributed by atoms with Crippen molar-refractivity contribution in [1.29, 1.82) is 0 Å². The summed E-state index contributed by atoms with van der Waals surface area (Å²) in [6.45, 7) is 4.64. The van der Waals surface area contributed by atoms with Crippen LogP contribution in [0.3, 0.4) is 0 Å². The molecule has 2 aliphatic heterocycles. The van der Waals surface area contributed by atoms with E-state index in [1.165, 1.54) is 25.9 Å². The maximum Gasteiger partial charge on any atom is 0.222 e. The molecule has 110 valence electrons. The molecule has 0 radical (unpaired) electrons. The molecule has 0 aromatic heterocycles. The lowest BCUT2D eigenvalue weighted by molar-refractivity contribution is -0.127. The molecular formula is C12H23N3O3S. The van der Waals surface area contributed by atoms with Crippen molar-refractivity contribution in [3.63, 3.8) is 0 Å². The molecule has 0 aromatic carbocycles. The minimum atomic E-state index is -3.48. The van der Waals surface area contributed by atoms with Gasteiger partial charge in [-0.15, -0.1) is 0 Å². The van der Waals surface area contributed by atoms with Crippen molar-refractivity contribution in [2.24, 2.45) is 11.1 Å². The number of likely N-dealkylation sites (tertiary alicyclic amines) is 2. The Morgan fingerprint density at radius 3 is 2.53 bits per heavy atom. The zero-order valence-electron chi connectivity index (χ0n) is 11.3. The van der Waals surface area contributed by atoms with Crippen LogP contribution in [0.4, 0.5) is 0 Å². The molecule has 2 aliphatic rings. The van der Waals surface area contributed by atoms with Crippen LogP contribution >= 0.6 is 0 Å². The third-order valence-electron chi connectivity index (χ3n) is 3.86. The van der Waals surface area contributed by atoms with E-state index >= 15 is 0 Å². The number of sulfonamides is 1. The Kier molecular flexibility index (Phi) is 4.81. The lowest BCUT2D eigenvalue weighted by atomic mass is 10.1. The minimum Gasteiger partial charge on any atom is -0.342 e. The lowest BCUT2D eigenvalue weighted by Gasteiger charge is -2.19. The van der Waals surface area contributed by atoms with E-state index in [0.29, 0.717) is 13.0 Å². The summed E-state index contributed by atoms with van der Waals surface area (Å²) in [6, 6.07) is 0. The number of hydrogen-bond donors (Lipinski definition) is 1. The van der Waals surface area contributed by atoms with Crippen molar-refractivity contribution in [3.8, 4) is 0 Å². The Hall–Kier alpha value is -0.660. The van der Waals surface area contributed by atoms with Gasteiger partial charge in [-0.1, -0.05) is 0 Å². The molecule has 1 atom stereocenters. The van der Waals surface area contributed by atoms with Crippen molar-refractivity contribution < 1.29 is 13.2 Å². The monoisotopic (exact) mass is 289 g/mol. The van der Waals surface area contributed by atoms with Crippen LogP contribution < -0.4 is 5.14 Å². The van der Waals surface area contributed by atoms with Gasteiger partial charge in [-0.2, -0.15) is 0 Å². The summed E-state index contributed by atoms with van der Waals surface area (Å²) in [5, 5.41) is 5.02. The molecule has 0 aliphatic carbocycles. The molecule has 19 heavy (non-hydrogen) atoms. The van der Waals surface area contributed by atoms with Gasteiger partial charge in [-0.3, -0.25) is 4.79 Å². The van der Waals surface area contributed by atoms with Crippen LogP contribution in [0.5, 0.6) is 0 Å². The predicted octanol–water partition coefficient (Wildman–Crippen LogP) is -0.391. The minimum absolute atomic E-state index is 0.0649. The van der Waals surface area contributed by atoms with Crippen LogP contribution in [-0.4, -0.2) is 62.6 Å². The van der Waals surface area contributed by atoms with Gasteiger partial charge < -0.3 is 9.80 Å². The molecule has 6 nitrogen and oxygen atoms in total. The van der Waals surface area contributed by atoms with E-state index in [2.05, 4.69) is 4.90 Å². The molecule has 0 bridgehead atoms. The Bertz CT molecular complexity index is 418. The summed E-state index contributed by atoms with van der Waals surface area (Å²) in [5.41, 5.74) is 0. The summed E-state index contributed by atoms with van der Waals surface area (Å²) in [4.78, 5) is 16.0. The highest BCUT2D eigenvalue weighted by molar-refractivity contribution is 7.89. The van der Waals surface area contributed by atoms with Gasteiger partial charge in [0.25, 0.3) is 0 Å². The van der Waals surface area contributed by atoms with E-state index in [9.17, 15) is 13.2 Å². The first-order valence-electron chi connectivity index (χ1n) is 6.94. The highest BCUT2D eigenvalue weighted by atomic mass is 32.2. The van der Waals surface area contributed by atoms with Crippen LogP contribution in [0.15, 0.2) is 0 Å². The third-order valence-corrected chi connectivity index (χ3v) is 4.80. The van der Waals surface area contributed by atoms with Crippen LogP contribution in [0.25, 0.3) is 0 Å². The zero-order valence-corrected chi connectivity index (χ0v) is 12.1. The van der Waals surface area contributed by atoms with Gasteiger partial charge in [-0.25, -0.2) is 13.6 Å². The zero-order chi connectivity index (χ0) is 13.9. The fourth-order valence-corrected chi connectivity index (χ4v) is 3.88. The molecule has 2 heterocycles. The first-order chi connectivity index (χ1) is 8.94. The van der Waals surface area contributed by atoms with Crippen molar-refractivity contribution in [2.45, 2.75) is 25.7 Å². The number of carbonyl (C=O) groups excluding carboxylic acids is 1. The molecule has 1 unspecified atom stereocenters. The van der Waals surface area contributed by atoms with Gasteiger partial charge in [0.2, 0.25) is 15.9 Å². The summed E-state index contributed by atoms with van der Waals surface area (Å²) in [6.07, 6.45) is 3.84. The van der Waals surface area contributed by atoms with Crippen molar-refractivity contribution >= 4 is 15.9 Å². The van der Waals surface area contributed by atoms with Gasteiger partial charge in [-0.05, 0) is 38.9 Å². The average Bonchev–Trinajstić information content (AvgIpc) is 2.87. The molecule has 7 heteroatoms. The molecule has 2 N–H and O–H groups in total. The van der Waals surface area contributed by atoms with Crippen molar-refractivity contribution in [3.05, 3.63) is 0 Å². The quantitative estimate of drug-likeness (QED) is 0.722. The van der Waals surface area contributed by atoms with Crippen LogP contribution in [0, 0.1) is 5.92 Å². The van der Waals surface area contributed by atoms with E-state index in [1.807, 2.05) is 0 Å². The van der Waals surface area contributed by atoms with Gasteiger partial charge in [0.15, 0.2) is 0 Å². The van der Waals surface area contributed by atoms with E-state index in [-0.39, 0.29) is 17.6 Å². The number of carbonyl (C=O) groups is 1. The molecule has 2 fully saturated rings. The SMILES string of the molecule is NS(=O)(=O)CC1CC(=O)N(CCCN2CCCC2)C1. The standard InChI is InChI=1S/C12H23N3O3S/c13-19(17,18)10-11-8-12(16)15(9-11)7-3-6-14-4-1-2-5-14/h11H,1-10H2,(H2,13,17,18). The summed E-state index contributed by atoms with van der Waals surface area (Å²) >= 11 is 0. The Labute approximate surface area is 115 Å². The highest BCUT2D eigenvalue weighted by Gasteiger charge is 2.31. The van der Waals surface area contributed by atoms with E-state index in [1.54, 1.807) is 4.90 Å². The summed E-state index contributed by atoms with van der Waals surface area (Å²) < 4.78 is 22.1. The van der Waals surface area contributed by atoms with E-state index < -0.39 is 10.0 Å². The summed E-state index contributed by atoms with van der Waals surface area (Å²) in [7, 11) is -3.48. The molecule has 0 aromatic rings. The number of rotatable bonds is 6. The van der Waals surface area contributed by atoms with Gasteiger partial charge in [0, 0.05) is 25.4 Å². The van der Waals surface area contributed by atoms with Gasteiger partial charge in [0.1, 0.15) is 0 Å². The van der Waals surface area contributed by atoms with E-state index in [4.69, 9.17) is 5.14 Å². The average molecular weight is 289 g/mol. The second-order valence-electron chi connectivity index (χ2n) is 5.64. The maximum absolute atomic E-state index is 11.8. The van der Waals surface area contributed by atoms with E-state index in [0.717, 1.165) is 19.5 Å². The first kappa shape index (κ1) is 14.7. The fourth-order valence-electron chi connectivity index (χ4n) is 3.00. The molecule has 0 saturated carbocycles. The fraction of sp³-hybridized carbons (Fsp3) is 0.917. The number of nitrogens with two attached hydrogens (primary N) is 1. The number of primary sulfonamides is 1. The molecular weight excluding hydrogens is 266 g/mol. The Morgan fingerprint density at radius 2 is 1.89 bits per heavy atom. The van der Waals surface area contributed by atoms with Crippen LogP contribution in [-0.2, 0) is 14.8 Å². The second kappa shape index (κ2) is 6.19. The Balaban J connectivity index is 1.70. The largest absolute Gasteiger partial charge is 0.342 e. The number of amides is 1. The maximum atomic E-state index is 11.8. The van der Waals surface area contributed by atoms with Crippen molar-refractivity contribution in [1.82, 2.24) is 9.80 Å². The van der Waals surface area contributed by atoms with Crippen LogP contribution in [0.2, 0.25) is 0 Å². The number of hydrogen-bond acceptors (Lipinski definition) is 4. The molecule has 2 saturated heterocycles.